The molecule has 1 heterocycles. The molecule has 7 heteroatoms. The summed E-state index contributed by atoms with van der Waals surface area (Å²) in [6, 6.07) is 2.97. The number of nitrogens with one attached hydrogen (secondary N) is 1. The van der Waals surface area contributed by atoms with Crippen molar-refractivity contribution in [3.8, 4) is 5.88 Å². The summed E-state index contributed by atoms with van der Waals surface area (Å²) < 4.78 is 41.5. The second-order valence-corrected chi connectivity index (χ2v) is 5.27. The smallest absolute Gasteiger partial charge is 0.425 e. The fourth-order valence-electron chi connectivity index (χ4n) is 1.11. The van der Waals surface area contributed by atoms with Gasteiger partial charge in [0.05, 0.1) is 5.69 Å². The Balaban J connectivity index is 2.57. The van der Waals surface area contributed by atoms with Crippen molar-refractivity contribution in [2.24, 2.45) is 0 Å². The highest BCUT2D eigenvalue weighted by atomic mass is 19.4. The highest BCUT2D eigenvalue weighted by Gasteiger charge is 2.38. The zero-order valence-electron chi connectivity index (χ0n) is 11.4. The van der Waals surface area contributed by atoms with Crippen molar-refractivity contribution >= 4 is 0 Å². The van der Waals surface area contributed by atoms with Crippen molar-refractivity contribution < 1.29 is 17.9 Å². The first-order valence-electron chi connectivity index (χ1n) is 5.89. The summed E-state index contributed by atoms with van der Waals surface area (Å²) in [4.78, 5) is 0. The van der Waals surface area contributed by atoms with Crippen LogP contribution in [0.5, 0.6) is 5.88 Å². The lowest BCUT2D eigenvalue weighted by Gasteiger charge is -2.20. The number of hydrogen-bond acceptors (Lipinski definition) is 4. The van der Waals surface area contributed by atoms with Crippen LogP contribution in [-0.4, -0.2) is 28.0 Å². The first-order chi connectivity index (χ1) is 8.58. The van der Waals surface area contributed by atoms with Gasteiger partial charge in [-0.05, 0) is 33.8 Å². The van der Waals surface area contributed by atoms with Gasteiger partial charge in [-0.25, -0.2) is 0 Å². The minimum atomic E-state index is -4.41. The third-order valence-electron chi connectivity index (χ3n) is 2.25. The number of alkyl halides is 3. The van der Waals surface area contributed by atoms with Gasteiger partial charge in [0.1, 0.15) is 0 Å². The molecule has 1 rings (SSSR count). The van der Waals surface area contributed by atoms with E-state index in [1.165, 1.54) is 6.07 Å². The van der Waals surface area contributed by atoms with E-state index in [0.29, 0.717) is 12.2 Å². The Hall–Kier alpha value is -1.37. The van der Waals surface area contributed by atoms with Crippen LogP contribution in [0.3, 0.4) is 0 Å². The average Bonchev–Trinajstić information content (AvgIpc) is 2.26. The van der Waals surface area contributed by atoms with E-state index in [0.717, 1.165) is 6.92 Å². The molecule has 0 aliphatic rings. The fourth-order valence-corrected chi connectivity index (χ4v) is 1.11. The zero-order chi connectivity index (χ0) is 14.7. The van der Waals surface area contributed by atoms with E-state index in [4.69, 9.17) is 0 Å². The predicted octanol–water partition coefficient (Wildman–Crippen LogP) is 2.69. The lowest BCUT2D eigenvalue weighted by atomic mass is 10.1. The highest BCUT2D eigenvalue weighted by molar-refractivity contribution is 5.12. The van der Waals surface area contributed by atoms with Gasteiger partial charge in [-0.2, -0.15) is 18.3 Å². The quantitative estimate of drug-likeness (QED) is 0.919. The third kappa shape index (κ3) is 5.87. The first-order valence-corrected chi connectivity index (χ1v) is 5.89. The maximum atomic E-state index is 12.3. The minimum Gasteiger partial charge on any atom is -0.464 e. The van der Waals surface area contributed by atoms with Gasteiger partial charge in [0.25, 0.3) is 0 Å². The average molecular weight is 277 g/mol. The lowest BCUT2D eigenvalue weighted by Crippen LogP contribution is -2.35. The van der Waals surface area contributed by atoms with Crippen LogP contribution >= 0.6 is 0 Å². The Bertz CT molecular complexity index is 398. The molecule has 0 aliphatic heterocycles. The van der Waals surface area contributed by atoms with Crippen molar-refractivity contribution in [3.05, 3.63) is 17.8 Å². The number of ether oxygens (including phenoxy) is 1. The monoisotopic (exact) mass is 277 g/mol. The van der Waals surface area contributed by atoms with Crippen molar-refractivity contribution in [1.82, 2.24) is 15.5 Å². The number of nitrogens with zero attached hydrogens (tertiary/aromatic N) is 2. The van der Waals surface area contributed by atoms with Crippen molar-refractivity contribution in [2.45, 2.75) is 52.1 Å². The van der Waals surface area contributed by atoms with Gasteiger partial charge >= 0.3 is 6.18 Å². The van der Waals surface area contributed by atoms with Gasteiger partial charge in [-0.1, -0.05) is 0 Å². The lowest BCUT2D eigenvalue weighted by molar-refractivity contribution is -0.190. The molecule has 0 saturated carbocycles. The molecule has 0 aromatic carbocycles. The summed E-state index contributed by atoms with van der Waals surface area (Å²) >= 11 is 0. The van der Waals surface area contributed by atoms with E-state index in [1.54, 1.807) is 6.07 Å². The molecule has 1 aromatic rings. The van der Waals surface area contributed by atoms with Crippen LogP contribution < -0.4 is 10.1 Å². The second kappa shape index (κ2) is 5.73. The summed E-state index contributed by atoms with van der Waals surface area (Å²) in [5.41, 5.74) is 0.573. The maximum Gasteiger partial charge on any atom is 0.425 e. The van der Waals surface area contributed by atoms with Crippen molar-refractivity contribution in [2.75, 3.05) is 0 Å². The Labute approximate surface area is 110 Å². The van der Waals surface area contributed by atoms with Gasteiger partial charge in [0.2, 0.25) is 5.88 Å². The molecule has 1 atom stereocenters. The second-order valence-electron chi connectivity index (χ2n) is 5.27. The Morgan fingerprint density at radius 3 is 2.26 bits per heavy atom. The third-order valence-corrected chi connectivity index (χ3v) is 2.25. The molecule has 0 fully saturated rings. The van der Waals surface area contributed by atoms with E-state index in [9.17, 15) is 13.2 Å². The number of hydrogen-bond donors (Lipinski definition) is 1. The molecule has 19 heavy (non-hydrogen) atoms. The topological polar surface area (TPSA) is 47.0 Å². The Morgan fingerprint density at radius 2 is 1.84 bits per heavy atom. The molecular weight excluding hydrogens is 259 g/mol. The molecule has 0 radical (unpaired) electrons. The van der Waals surface area contributed by atoms with Crippen LogP contribution in [0.4, 0.5) is 13.2 Å². The van der Waals surface area contributed by atoms with Gasteiger partial charge in [0, 0.05) is 18.2 Å². The predicted molar refractivity (Wildman–Crippen MR) is 64.8 cm³/mol. The summed E-state index contributed by atoms with van der Waals surface area (Å²) in [6.45, 7) is 7.43. The van der Waals surface area contributed by atoms with Gasteiger partial charge in [-0.15, -0.1) is 5.10 Å². The molecule has 1 unspecified atom stereocenters. The summed E-state index contributed by atoms with van der Waals surface area (Å²) in [5, 5.41) is 10.6. The van der Waals surface area contributed by atoms with E-state index < -0.39 is 12.3 Å². The summed E-state index contributed by atoms with van der Waals surface area (Å²) in [5.74, 6) is -0.135. The molecule has 1 aromatic heterocycles. The molecular formula is C12H18F3N3O. The molecule has 108 valence electrons. The van der Waals surface area contributed by atoms with Crippen LogP contribution in [-0.2, 0) is 6.54 Å². The molecule has 0 saturated heterocycles. The maximum absolute atomic E-state index is 12.3. The zero-order valence-corrected chi connectivity index (χ0v) is 11.4. The van der Waals surface area contributed by atoms with E-state index in [2.05, 4.69) is 20.3 Å². The van der Waals surface area contributed by atoms with Gasteiger partial charge < -0.3 is 10.1 Å². The molecule has 1 N–H and O–H groups in total. The van der Waals surface area contributed by atoms with Crippen LogP contribution in [0.2, 0.25) is 0 Å². The highest BCUT2D eigenvalue weighted by Crippen LogP contribution is 2.23. The molecule has 4 nitrogen and oxygen atoms in total. The van der Waals surface area contributed by atoms with E-state index in [1.807, 2.05) is 20.8 Å². The Kier molecular flexibility index (Phi) is 4.73. The van der Waals surface area contributed by atoms with Gasteiger partial charge in [0.15, 0.2) is 6.10 Å². The fraction of sp³-hybridized carbons (Fsp3) is 0.667. The molecule has 0 bridgehead atoms. The minimum absolute atomic E-state index is 0.0678. The van der Waals surface area contributed by atoms with Crippen LogP contribution in [0.15, 0.2) is 12.1 Å². The van der Waals surface area contributed by atoms with Crippen molar-refractivity contribution in [3.63, 3.8) is 0 Å². The summed E-state index contributed by atoms with van der Waals surface area (Å²) in [7, 11) is 0. The van der Waals surface area contributed by atoms with Crippen LogP contribution in [0.25, 0.3) is 0 Å². The molecule has 0 aliphatic carbocycles. The van der Waals surface area contributed by atoms with Crippen LogP contribution in [0.1, 0.15) is 33.4 Å². The standard InChI is InChI=1S/C12H18F3N3O/c1-8(12(13,14)15)19-10-6-5-9(17-18-10)7-16-11(2,3)4/h5-6,8,16H,7H2,1-4H3. The van der Waals surface area contributed by atoms with Crippen molar-refractivity contribution in [1.29, 1.82) is 0 Å². The number of halogens is 3. The van der Waals surface area contributed by atoms with Crippen LogP contribution in [0, 0.1) is 0 Å². The number of aromatic nitrogens is 2. The van der Waals surface area contributed by atoms with Gasteiger partial charge in [-0.3, -0.25) is 0 Å². The normalized spacial score (nSPS) is 14.3. The largest absolute Gasteiger partial charge is 0.464 e. The number of rotatable bonds is 4. The first kappa shape index (κ1) is 15.7. The molecule has 0 amide bonds. The summed E-state index contributed by atoms with van der Waals surface area (Å²) in [6.07, 6.45) is -6.31. The molecule has 0 spiro atoms. The van der Waals surface area contributed by atoms with E-state index in [-0.39, 0.29) is 11.4 Å². The Morgan fingerprint density at radius 1 is 1.21 bits per heavy atom. The van der Waals surface area contributed by atoms with E-state index >= 15 is 0 Å². The SMILES string of the molecule is CC(Oc1ccc(CNC(C)(C)C)nn1)C(F)(F)F.